The number of amides is 1. The molecule has 106 valence electrons. The minimum Gasteiger partial charge on any atom is -0.353 e. The molecule has 1 fully saturated rings. The summed E-state index contributed by atoms with van der Waals surface area (Å²) in [5.41, 5.74) is 5.07. The first-order valence-corrected chi connectivity index (χ1v) is 7.28. The van der Waals surface area contributed by atoms with Gasteiger partial charge in [0.15, 0.2) is 0 Å². The highest BCUT2D eigenvalue weighted by atomic mass is 16.2. The maximum Gasteiger partial charge on any atom is 0.227 e. The third-order valence-corrected chi connectivity index (χ3v) is 4.87. The lowest BCUT2D eigenvalue weighted by atomic mass is 9.74. The van der Waals surface area contributed by atoms with Crippen molar-refractivity contribution in [3.63, 3.8) is 0 Å². The second-order valence-electron chi connectivity index (χ2n) is 6.96. The van der Waals surface area contributed by atoms with E-state index in [4.69, 9.17) is 5.73 Å². The van der Waals surface area contributed by atoms with Crippen LogP contribution in [0, 0.1) is 11.3 Å². The van der Waals surface area contributed by atoms with E-state index in [1.807, 2.05) is 27.7 Å². The molecular weight excluding hydrogens is 224 g/mol. The van der Waals surface area contributed by atoms with Crippen LogP contribution in [0.25, 0.3) is 0 Å². The van der Waals surface area contributed by atoms with Crippen LogP contribution in [0.3, 0.4) is 0 Å². The second-order valence-corrected chi connectivity index (χ2v) is 6.96. The summed E-state index contributed by atoms with van der Waals surface area (Å²) in [5, 5.41) is 3.21. The molecule has 2 atom stereocenters. The predicted octanol–water partition coefficient (Wildman–Crippen LogP) is 2.83. The molecule has 18 heavy (non-hydrogen) atoms. The molecule has 0 aromatic heterocycles. The van der Waals surface area contributed by atoms with Gasteiger partial charge >= 0.3 is 0 Å². The van der Waals surface area contributed by atoms with Crippen LogP contribution >= 0.6 is 0 Å². The Bertz CT molecular complexity index is 291. The Morgan fingerprint density at radius 1 is 1.28 bits per heavy atom. The minimum atomic E-state index is -0.536. The summed E-state index contributed by atoms with van der Waals surface area (Å²) in [6, 6.07) is 0.345. The van der Waals surface area contributed by atoms with E-state index in [0.29, 0.717) is 6.04 Å². The summed E-state index contributed by atoms with van der Waals surface area (Å²) in [6.07, 6.45) is 6.01. The molecule has 0 spiro atoms. The average Bonchev–Trinajstić information content (AvgIpc) is 2.27. The van der Waals surface area contributed by atoms with Gasteiger partial charge in [0.05, 0.1) is 5.41 Å². The zero-order valence-corrected chi connectivity index (χ0v) is 12.7. The summed E-state index contributed by atoms with van der Waals surface area (Å²) in [6.45, 7) is 9.94. The average molecular weight is 254 g/mol. The third-order valence-electron chi connectivity index (χ3n) is 4.87. The molecule has 2 unspecified atom stereocenters. The number of carbonyl (C=O) groups excluding carboxylic acids is 1. The molecule has 0 aromatic carbocycles. The van der Waals surface area contributed by atoms with Crippen LogP contribution in [0.15, 0.2) is 0 Å². The van der Waals surface area contributed by atoms with Crippen molar-refractivity contribution in [3.05, 3.63) is 0 Å². The topological polar surface area (TPSA) is 55.1 Å². The van der Waals surface area contributed by atoms with Crippen molar-refractivity contribution in [2.45, 2.75) is 78.3 Å². The minimum absolute atomic E-state index is 0.0942. The fraction of sp³-hybridized carbons (Fsp3) is 0.933. The number of nitrogens with one attached hydrogen (secondary N) is 1. The molecule has 3 heteroatoms. The van der Waals surface area contributed by atoms with E-state index in [0.717, 1.165) is 18.8 Å². The van der Waals surface area contributed by atoms with E-state index < -0.39 is 11.0 Å². The highest BCUT2D eigenvalue weighted by molar-refractivity contribution is 5.83. The van der Waals surface area contributed by atoms with Crippen LogP contribution < -0.4 is 11.1 Å². The fourth-order valence-corrected chi connectivity index (χ4v) is 2.45. The van der Waals surface area contributed by atoms with Crippen molar-refractivity contribution in [2.24, 2.45) is 17.1 Å². The van der Waals surface area contributed by atoms with Gasteiger partial charge in [-0.05, 0) is 46.5 Å². The highest BCUT2D eigenvalue weighted by Gasteiger charge is 2.41. The van der Waals surface area contributed by atoms with Gasteiger partial charge in [0, 0.05) is 11.6 Å². The standard InChI is InChI=1S/C15H30N2O/c1-6-11-8-7-9-12(10-11)17-13(18)14(2,3)15(4,5)16/h11-12H,6-10,16H2,1-5H3,(H,17,18). The molecule has 0 radical (unpaired) electrons. The van der Waals surface area contributed by atoms with E-state index in [9.17, 15) is 4.79 Å². The molecule has 0 saturated heterocycles. The molecule has 0 aliphatic heterocycles. The van der Waals surface area contributed by atoms with Crippen molar-refractivity contribution < 1.29 is 4.79 Å². The second kappa shape index (κ2) is 5.60. The van der Waals surface area contributed by atoms with Crippen molar-refractivity contribution >= 4 is 5.91 Å². The Kier molecular flexibility index (Phi) is 4.82. The Morgan fingerprint density at radius 2 is 1.89 bits per heavy atom. The quantitative estimate of drug-likeness (QED) is 0.810. The smallest absolute Gasteiger partial charge is 0.227 e. The first-order valence-electron chi connectivity index (χ1n) is 7.28. The van der Waals surface area contributed by atoms with Gasteiger partial charge in [0.2, 0.25) is 5.91 Å². The van der Waals surface area contributed by atoms with Gasteiger partial charge in [-0.2, -0.15) is 0 Å². The summed E-state index contributed by atoms with van der Waals surface area (Å²) in [7, 11) is 0. The van der Waals surface area contributed by atoms with E-state index in [1.165, 1.54) is 19.3 Å². The first kappa shape index (κ1) is 15.5. The predicted molar refractivity (Wildman–Crippen MR) is 76.2 cm³/mol. The van der Waals surface area contributed by atoms with Gasteiger partial charge in [0.25, 0.3) is 0 Å². The molecule has 1 rings (SSSR count). The molecule has 3 N–H and O–H groups in total. The largest absolute Gasteiger partial charge is 0.353 e. The number of rotatable bonds is 4. The highest BCUT2D eigenvalue weighted by Crippen LogP contribution is 2.31. The van der Waals surface area contributed by atoms with Crippen molar-refractivity contribution in [3.8, 4) is 0 Å². The van der Waals surface area contributed by atoms with Crippen molar-refractivity contribution in [2.75, 3.05) is 0 Å². The Morgan fingerprint density at radius 3 is 2.39 bits per heavy atom. The molecule has 0 bridgehead atoms. The van der Waals surface area contributed by atoms with Crippen LogP contribution in [0.2, 0.25) is 0 Å². The number of hydrogen-bond donors (Lipinski definition) is 2. The monoisotopic (exact) mass is 254 g/mol. The van der Waals surface area contributed by atoms with Gasteiger partial charge in [-0.25, -0.2) is 0 Å². The van der Waals surface area contributed by atoms with Crippen molar-refractivity contribution in [1.82, 2.24) is 5.32 Å². The summed E-state index contributed by atoms with van der Waals surface area (Å²) in [5.74, 6) is 0.870. The Balaban J connectivity index is 2.59. The molecule has 1 aliphatic carbocycles. The van der Waals surface area contributed by atoms with Crippen molar-refractivity contribution in [1.29, 1.82) is 0 Å². The Labute approximate surface area is 112 Å². The van der Waals surface area contributed by atoms with Crippen LogP contribution in [0.4, 0.5) is 0 Å². The lowest BCUT2D eigenvalue weighted by Gasteiger charge is -2.39. The lowest BCUT2D eigenvalue weighted by Crippen LogP contribution is -2.57. The first-order chi connectivity index (χ1) is 8.18. The van der Waals surface area contributed by atoms with Gasteiger partial charge in [-0.3, -0.25) is 4.79 Å². The number of nitrogens with two attached hydrogens (primary N) is 1. The normalized spacial score (nSPS) is 25.9. The van der Waals surface area contributed by atoms with Gasteiger partial charge in [-0.1, -0.05) is 26.2 Å². The molecule has 1 aliphatic rings. The lowest BCUT2D eigenvalue weighted by molar-refractivity contribution is -0.133. The Hall–Kier alpha value is -0.570. The van der Waals surface area contributed by atoms with Crippen LogP contribution in [-0.2, 0) is 4.79 Å². The van der Waals surface area contributed by atoms with Gasteiger partial charge in [-0.15, -0.1) is 0 Å². The molecule has 3 nitrogen and oxygen atoms in total. The maximum absolute atomic E-state index is 12.4. The number of hydrogen-bond acceptors (Lipinski definition) is 2. The zero-order chi connectivity index (χ0) is 14.0. The molecule has 0 heterocycles. The van der Waals surface area contributed by atoms with Gasteiger partial charge < -0.3 is 11.1 Å². The summed E-state index contributed by atoms with van der Waals surface area (Å²) < 4.78 is 0. The van der Waals surface area contributed by atoms with E-state index in [2.05, 4.69) is 12.2 Å². The molecule has 1 saturated carbocycles. The molecule has 1 amide bonds. The SMILES string of the molecule is CCC1CCCC(NC(=O)C(C)(C)C(C)(C)N)C1. The van der Waals surface area contributed by atoms with Crippen LogP contribution in [0.1, 0.15) is 66.7 Å². The number of carbonyl (C=O) groups is 1. The third kappa shape index (κ3) is 3.47. The molecule has 0 aromatic rings. The molecular formula is C15H30N2O. The van der Waals surface area contributed by atoms with Gasteiger partial charge in [0.1, 0.15) is 0 Å². The van der Waals surface area contributed by atoms with E-state index in [-0.39, 0.29) is 5.91 Å². The van der Waals surface area contributed by atoms with Crippen LogP contribution in [0.5, 0.6) is 0 Å². The van der Waals surface area contributed by atoms with E-state index >= 15 is 0 Å². The zero-order valence-electron chi connectivity index (χ0n) is 12.7. The summed E-state index contributed by atoms with van der Waals surface area (Å²) >= 11 is 0. The maximum atomic E-state index is 12.4. The fourth-order valence-electron chi connectivity index (χ4n) is 2.45. The summed E-state index contributed by atoms with van der Waals surface area (Å²) in [4.78, 5) is 12.4. The van der Waals surface area contributed by atoms with E-state index in [1.54, 1.807) is 0 Å². The van der Waals surface area contributed by atoms with Crippen LogP contribution in [-0.4, -0.2) is 17.5 Å².